The van der Waals surface area contributed by atoms with Gasteiger partial charge in [-0.1, -0.05) is 29.8 Å². The highest BCUT2D eigenvalue weighted by Gasteiger charge is 2.40. The summed E-state index contributed by atoms with van der Waals surface area (Å²) in [5.41, 5.74) is 1.50. The van der Waals surface area contributed by atoms with Crippen LogP contribution < -0.4 is 5.32 Å². The van der Waals surface area contributed by atoms with Crippen molar-refractivity contribution in [1.82, 2.24) is 4.90 Å². The second kappa shape index (κ2) is 8.03. The Kier molecular flexibility index (Phi) is 5.38. The summed E-state index contributed by atoms with van der Waals surface area (Å²) in [6.07, 6.45) is -3.11. The average molecular weight is 440 g/mol. The Balaban J connectivity index is 1.79. The minimum Gasteiger partial charge on any atom is -0.467 e. The van der Waals surface area contributed by atoms with Gasteiger partial charge in [0.25, 0.3) is 11.8 Å². The standard InChI is InChI=1S/C24H19F3N2O3/c1-14-8-9-19(15(2)11-14)20-21(28-17-6-3-5-16(12-17)24(25,26)27)23(31)29(22(20)30)13-18-7-4-10-32-18/h3-12,28H,13H2,1-2H3. The SMILES string of the molecule is Cc1ccc(C2=C(Nc3cccc(C(F)(F)F)c3)C(=O)N(Cc3ccco3)C2=O)c(C)c1. The van der Waals surface area contributed by atoms with Crippen molar-refractivity contribution < 1.29 is 27.2 Å². The van der Waals surface area contributed by atoms with Crippen LogP contribution in [0.2, 0.25) is 0 Å². The van der Waals surface area contributed by atoms with Gasteiger partial charge in [-0.2, -0.15) is 13.2 Å². The molecule has 5 nitrogen and oxygen atoms in total. The van der Waals surface area contributed by atoms with E-state index in [1.165, 1.54) is 18.4 Å². The van der Waals surface area contributed by atoms with E-state index in [9.17, 15) is 22.8 Å². The number of carbonyl (C=O) groups is 2. The van der Waals surface area contributed by atoms with Crippen LogP contribution in [0.15, 0.2) is 71.0 Å². The van der Waals surface area contributed by atoms with Gasteiger partial charge >= 0.3 is 6.18 Å². The van der Waals surface area contributed by atoms with Crippen molar-refractivity contribution in [3.63, 3.8) is 0 Å². The number of nitrogens with zero attached hydrogens (tertiary/aromatic N) is 1. The number of carbonyl (C=O) groups excluding carboxylic acids is 2. The molecule has 2 aromatic carbocycles. The Hall–Kier alpha value is -3.81. The van der Waals surface area contributed by atoms with Gasteiger partial charge in [-0.05, 0) is 55.3 Å². The molecule has 164 valence electrons. The molecule has 4 rings (SSSR count). The van der Waals surface area contributed by atoms with Crippen LogP contribution in [0.4, 0.5) is 18.9 Å². The summed E-state index contributed by atoms with van der Waals surface area (Å²) in [5, 5.41) is 2.77. The summed E-state index contributed by atoms with van der Waals surface area (Å²) in [5.74, 6) is -0.779. The molecule has 0 spiro atoms. The van der Waals surface area contributed by atoms with Crippen LogP contribution >= 0.6 is 0 Å². The van der Waals surface area contributed by atoms with Gasteiger partial charge in [0.15, 0.2) is 0 Å². The molecule has 2 heterocycles. The smallest absolute Gasteiger partial charge is 0.416 e. The largest absolute Gasteiger partial charge is 0.467 e. The van der Waals surface area contributed by atoms with Crippen molar-refractivity contribution in [2.24, 2.45) is 0 Å². The third kappa shape index (κ3) is 4.03. The Morgan fingerprint density at radius 3 is 2.41 bits per heavy atom. The fourth-order valence-electron chi connectivity index (χ4n) is 3.66. The lowest BCUT2D eigenvalue weighted by Gasteiger charge is -2.14. The lowest BCUT2D eigenvalue weighted by atomic mass is 9.97. The predicted molar refractivity (Wildman–Crippen MR) is 112 cm³/mol. The van der Waals surface area contributed by atoms with Gasteiger partial charge < -0.3 is 9.73 Å². The number of rotatable bonds is 5. The van der Waals surface area contributed by atoms with Crippen molar-refractivity contribution in [3.8, 4) is 0 Å². The highest BCUT2D eigenvalue weighted by Crippen LogP contribution is 2.35. The molecule has 0 saturated heterocycles. The van der Waals surface area contributed by atoms with Crippen molar-refractivity contribution in [3.05, 3.63) is 94.6 Å². The number of furan rings is 1. The normalized spacial score (nSPS) is 14.5. The summed E-state index contributed by atoms with van der Waals surface area (Å²) in [6, 6.07) is 13.2. The maximum Gasteiger partial charge on any atom is 0.416 e. The maximum atomic E-state index is 13.3. The van der Waals surface area contributed by atoms with Crippen molar-refractivity contribution in [2.45, 2.75) is 26.6 Å². The highest BCUT2D eigenvalue weighted by atomic mass is 19.4. The quantitative estimate of drug-likeness (QED) is 0.547. The number of alkyl halides is 3. The number of amides is 2. The van der Waals surface area contributed by atoms with Crippen LogP contribution in [-0.4, -0.2) is 16.7 Å². The summed E-state index contributed by atoms with van der Waals surface area (Å²) in [6.45, 7) is 3.62. The molecule has 0 aliphatic carbocycles. The predicted octanol–water partition coefficient (Wildman–Crippen LogP) is 5.31. The van der Waals surface area contributed by atoms with Gasteiger partial charge in [-0.15, -0.1) is 0 Å². The van der Waals surface area contributed by atoms with Crippen LogP contribution in [-0.2, 0) is 22.3 Å². The van der Waals surface area contributed by atoms with Gasteiger partial charge in [-0.3, -0.25) is 14.5 Å². The van der Waals surface area contributed by atoms with Crippen molar-refractivity contribution in [2.75, 3.05) is 5.32 Å². The first-order valence-electron chi connectivity index (χ1n) is 9.80. The molecule has 0 bridgehead atoms. The average Bonchev–Trinajstić information content (AvgIpc) is 3.32. The zero-order chi connectivity index (χ0) is 23.0. The molecule has 0 unspecified atom stereocenters. The molecule has 0 atom stereocenters. The molecule has 3 aromatic rings. The molecular weight excluding hydrogens is 421 g/mol. The minimum absolute atomic E-state index is 0.0538. The molecule has 0 fully saturated rings. The van der Waals surface area contributed by atoms with E-state index in [2.05, 4.69) is 5.32 Å². The van der Waals surface area contributed by atoms with E-state index in [-0.39, 0.29) is 23.5 Å². The molecule has 1 N–H and O–H groups in total. The number of hydrogen-bond donors (Lipinski definition) is 1. The second-order valence-electron chi connectivity index (χ2n) is 7.55. The first-order valence-corrected chi connectivity index (χ1v) is 9.80. The molecule has 2 amide bonds. The number of benzene rings is 2. The molecule has 1 aliphatic heterocycles. The lowest BCUT2D eigenvalue weighted by Crippen LogP contribution is -2.31. The van der Waals surface area contributed by atoms with E-state index in [0.29, 0.717) is 11.3 Å². The summed E-state index contributed by atoms with van der Waals surface area (Å²) in [4.78, 5) is 27.5. The Bertz CT molecular complexity index is 1230. The lowest BCUT2D eigenvalue weighted by molar-refractivity contribution is -0.138. The van der Waals surface area contributed by atoms with Gasteiger partial charge in [0.05, 0.1) is 23.9 Å². The van der Waals surface area contributed by atoms with Gasteiger partial charge in [0.2, 0.25) is 0 Å². The summed E-state index contributed by atoms with van der Waals surface area (Å²) >= 11 is 0. The van der Waals surface area contributed by atoms with E-state index in [0.717, 1.165) is 28.2 Å². The van der Waals surface area contributed by atoms with Crippen LogP contribution in [0.5, 0.6) is 0 Å². The monoisotopic (exact) mass is 440 g/mol. The molecule has 0 radical (unpaired) electrons. The molecule has 32 heavy (non-hydrogen) atoms. The van der Waals surface area contributed by atoms with Crippen LogP contribution in [0, 0.1) is 13.8 Å². The van der Waals surface area contributed by atoms with E-state index in [4.69, 9.17) is 4.42 Å². The molecular formula is C24H19F3N2O3. The number of nitrogens with one attached hydrogen (secondary N) is 1. The minimum atomic E-state index is -4.54. The topological polar surface area (TPSA) is 62.6 Å². The van der Waals surface area contributed by atoms with Gasteiger partial charge in [0.1, 0.15) is 11.5 Å². The molecule has 0 saturated carbocycles. The van der Waals surface area contributed by atoms with E-state index in [1.54, 1.807) is 18.2 Å². The third-order valence-corrected chi connectivity index (χ3v) is 5.17. The number of imide groups is 1. The van der Waals surface area contributed by atoms with Crippen molar-refractivity contribution >= 4 is 23.1 Å². The molecule has 1 aromatic heterocycles. The zero-order valence-corrected chi connectivity index (χ0v) is 17.3. The van der Waals surface area contributed by atoms with Crippen molar-refractivity contribution in [1.29, 1.82) is 0 Å². The first kappa shape index (κ1) is 21.4. The van der Waals surface area contributed by atoms with E-state index < -0.39 is 23.6 Å². The molecule has 8 heteroatoms. The van der Waals surface area contributed by atoms with Crippen LogP contribution in [0.3, 0.4) is 0 Å². The summed E-state index contributed by atoms with van der Waals surface area (Å²) in [7, 11) is 0. The van der Waals surface area contributed by atoms with Crippen LogP contribution in [0.1, 0.15) is 28.0 Å². The third-order valence-electron chi connectivity index (χ3n) is 5.17. The Morgan fingerprint density at radius 2 is 1.75 bits per heavy atom. The Morgan fingerprint density at radius 1 is 0.969 bits per heavy atom. The van der Waals surface area contributed by atoms with E-state index >= 15 is 0 Å². The second-order valence-corrected chi connectivity index (χ2v) is 7.55. The van der Waals surface area contributed by atoms with E-state index in [1.807, 2.05) is 26.0 Å². The number of hydrogen-bond acceptors (Lipinski definition) is 4. The van der Waals surface area contributed by atoms with Gasteiger partial charge in [0, 0.05) is 5.69 Å². The fraction of sp³-hybridized carbons (Fsp3) is 0.167. The highest BCUT2D eigenvalue weighted by molar-refractivity contribution is 6.36. The summed E-state index contributed by atoms with van der Waals surface area (Å²) < 4.78 is 44.7. The zero-order valence-electron chi connectivity index (χ0n) is 17.3. The van der Waals surface area contributed by atoms with Crippen LogP contribution in [0.25, 0.3) is 5.57 Å². The van der Waals surface area contributed by atoms with Gasteiger partial charge in [-0.25, -0.2) is 0 Å². The fourth-order valence-corrected chi connectivity index (χ4v) is 3.66. The maximum absolute atomic E-state index is 13.3. The molecule has 1 aliphatic rings. The first-order chi connectivity index (χ1) is 15.1. The number of aryl methyl sites for hydroxylation is 2. The number of anilines is 1. The number of halogens is 3. The Labute approximate surface area is 182 Å².